The highest BCUT2D eigenvalue weighted by molar-refractivity contribution is 5.86. The summed E-state index contributed by atoms with van der Waals surface area (Å²) in [5, 5.41) is 0. The van der Waals surface area contributed by atoms with Crippen molar-refractivity contribution in [1.82, 2.24) is 0 Å². The van der Waals surface area contributed by atoms with Crippen LogP contribution in [0.4, 0.5) is 0 Å². The fraction of sp³-hybridized carbons (Fsp3) is 0.760. The van der Waals surface area contributed by atoms with Gasteiger partial charge in [-0.2, -0.15) is 0 Å². The van der Waals surface area contributed by atoms with Crippen molar-refractivity contribution in [2.24, 2.45) is 34.0 Å². The molecule has 1 aliphatic heterocycles. The predicted octanol–water partition coefficient (Wildman–Crippen LogP) is 5.64. The third-order valence-corrected chi connectivity index (χ3v) is 9.85. The Hall–Kier alpha value is -1.38. The molecule has 0 N–H and O–H groups in total. The maximum Gasteiger partial charge on any atom is 0.331 e. The average molecular weight is 385 g/mol. The fourth-order valence-electron chi connectivity index (χ4n) is 7.64. The molecule has 3 aliphatic carbocycles. The maximum atomic E-state index is 13.0. The number of ketones is 1. The van der Waals surface area contributed by atoms with Gasteiger partial charge in [-0.1, -0.05) is 39.3 Å². The molecule has 3 fully saturated rings. The van der Waals surface area contributed by atoms with Gasteiger partial charge >= 0.3 is 5.97 Å². The van der Waals surface area contributed by atoms with Crippen LogP contribution in [0.25, 0.3) is 0 Å². The van der Waals surface area contributed by atoms with Crippen molar-refractivity contribution in [2.75, 3.05) is 6.61 Å². The molecule has 0 spiro atoms. The lowest BCUT2D eigenvalue weighted by Crippen LogP contribution is -2.70. The lowest BCUT2D eigenvalue weighted by atomic mass is 9.31. The van der Waals surface area contributed by atoms with Crippen LogP contribution in [0.2, 0.25) is 0 Å². The number of allylic oxidation sites excluding steroid dienone is 2. The molecule has 0 amide bonds. The van der Waals surface area contributed by atoms with Crippen LogP contribution in [0.1, 0.15) is 79.6 Å². The van der Waals surface area contributed by atoms with Crippen molar-refractivity contribution in [3.63, 3.8) is 0 Å². The fourth-order valence-corrected chi connectivity index (χ4v) is 7.64. The Morgan fingerprint density at radius 1 is 1.21 bits per heavy atom. The first-order valence-corrected chi connectivity index (χ1v) is 11.2. The van der Waals surface area contributed by atoms with E-state index in [1.807, 2.05) is 0 Å². The molecule has 3 saturated carbocycles. The molecule has 154 valence electrons. The zero-order chi connectivity index (χ0) is 20.3. The standard InChI is InChI=1S/C25H36O3/c1-16(7-6-8-18-14-21(27)28-15-18)9-10-19-22-20(26)13-17(2)23(3)11-12-24(19,4)25(22,23)5/h7,14,17,19,22H,6,8-13,15H2,1-5H3/b16-7+/t17?,19-,22+,23-,24+,25+/m1/s1. The largest absolute Gasteiger partial charge is 0.458 e. The summed E-state index contributed by atoms with van der Waals surface area (Å²) in [6, 6.07) is 0. The lowest BCUT2D eigenvalue weighted by Gasteiger charge is -2.71. The molecule has 0 aromatic rings. The molecule has 3 heteroatoms. The molecule has 4 aliphatic rings. The smallest absolute Gasteiger partial charge is 0.331 e. The van der Waals surface area contributed by atoms with E-state index in [1.54, 1.807) is 6.08 Å². The number of carbonyl (C=O) groups excluding carboxylic acids is 2. The van der Waals surface area contributed by atoms with Gasteiger partial charge in [0.2, 0.25) is 0 Å². The van der Waals surface area contributed by atoms with Crippen molar-refractivity contribution in [1.29, 1.82) is 0 Å². The number of esters is 1. The molecule has 0 aromatic carbocycles. The molecule has 0 radical (unpaired) electrons. The summed E-state index contributed by atoms with van der Waals surface area (Å²) in [5.41, 5.74) is 3.36. The van der Waals surface area contributed by atoms with Crippen LogP contribution in [0.15, 0.2) is 23.3 Å². The Morgan fingerprint density at radius 2 is 1.93 bits per heavy atom. The topological polar surface area (TPSA) is 43.4 Å². The molecular weight excluding hydrogens is 348 g/mol. The summed E-state index contributed by atoms with van der Waals surface area (Å²) in [6.45, 7) is 12.4. The highest BCUT2D eigenvalue weighted by atomic mass is 16.5. The van der Waals surface area contributed by atoms with Crippen LogP contribution in [0.3, 0.4) is 0 Å². The second kappa shape index (κ2) is 6.57. The van der Waals surface area contributed by atoms with Crippen LogP contribution in [0.5, 0.6) is 0 Å². The van der Waals surface area contributed by atoms with E-state index in [0.29, 0.717) is 35.1 Å². The zero-order valence-corrected chi connectivity index (χ0v) is 18.3. The van der Waals surface area contributed by atoms with Crippen molar-refractivity contribution in [3.05, 3.63) is 23.3 Å². The quantitative estimate of drug-likeness (QED) is 0.439. The minimum absolute atomic E-state index is 0.193. The number of hydrogen-bond donors (Lipinski definition) is 0. The first kappa shape index (κ1) is 19.9. The Labute approximate surface area is 170 Å². The number of Topliss-reactive ketones (excluding diaryl/α,β-unsaturated/α-hetero) is 1. The van der Waals surface area contributed by atoms with Crippen LogP contribution in [-0.4, -0.2) is 18.4 Å². The van der Waals surface area contributed by atoms with E-state index in [2.05, 4.69) is 40.7 Å². The van der Waals surface area contributed by atoms with Gasteiger partial charge in [0.05, 0.1) is 0 Å². The molecule has 0 bridgehead atoms. The van der Waals surface area contributed by atoms with Gasteiger partial charge in [0.1, 0.15) is 12.4 Å². The Kier molecular flexibility index (Phi) is 4.67. The average Bonchev–Trinajstić information content (AvgIpc) is 3.12. The zero-order valence-electron chi connectivity index (χ0n) is 18.3. The molecule has 1 heterocycles. The summed E-state index contributed by atoms with van der Waals surface area (Å²) in [5.74, 6) is 1.68. The second-order valence-corrected chi connectivity index (χ2v) is 10.7. The Balaban J connectivity index is 1.39. The normalized spacial score (nSPS) is 44.8. The van der Waals surface area contributed by atoms with Crippen LogP contribution >= 0.6 is 0 Å². The Bertz CT molecular complexity index is 762. The van der Waals surface area contributed by atoms with E-state index in [-0.39, 0.29) is 17.3 Å². The molecule has 0 aromatic heterocycles. The van der Waals surface area contributed by atoms with E-state index < -0.39 is 0 Å². The highest BCUT2D eigenvalue weighted by Crippen LogP contribution is 2.82. The van der Waals surface area contributed by atoms with Gasteiger partial charge in [0, 0.05) is 18.4 Å². The third-order valence-electron chi connectivity index (χ3n) is 9.85. The van der Waals surface area contributed by atoms with E-state index in [9.17, 15) is 9.59 Å². The SMILES string of the molecule is C/C(=C\CCC1=CC(=O)OC1)CC[C@@H]1[C@H]2C(=O)CC(C)[C@@]3(C)CC[C@]1(C)[C@@]23C. The van der Waals surface area contributed by atoms with Crippen LogP contribution < -0.4 is 0 Å². The predicted molar refractivity (Wildman–Crippen MR) is 111 cm³/mol. The minimum atomic E-state index is -0.202. The first-order chi connectivity index (χ1) is 13.1. The Morgan fingerprint density at radius 3 is 2.61 bits per heavy atom. The minimum Gasteiger partial charge on any atom is -0.458 e. The van der Waals surface area contributed by atoms with Crippen LogP contribution in [-0.2, 0) is 14.3 Å². The highest BCUT2D eigenvalue weighted by Gasteiger charge is 2.79. The summed E-state index contributed by atoms with van der Waals surface area (Å²) in [7, 11) is 0. The summed E-state index contributed by atoms with van der Waals surface area (Å²) in [4.78, 5) is 24.1. The van der Waals surface area contributed by atoms with Gasteiger partial charge in [-0.3, -0.25) is 4.79 Å². The van der Waals surface area contributed by atoms with Gasteiger partial charge in [-0.25, -0.2) is 4.79 Å². The molecular formula is C25H36O3. The lowest BCUT2D eigenvalue weighted by molar-refractivity contribution is -0.238. The van der Waals surface area contributed by atoms with E-state index in [4.69, 9.17) is 4.74 Å². The van der Waals surface area contributed by atoms with Gasteiger partial charge in [-0.05, 0) is 79.1 Å². The van der Waals surface area contributed by atoms with E-state index in [1.165, 1.54) is 18.4 Å². The van der Waals surface area contributed by atoms with Crippen LogP contribution in [0, 0.1) is 34.0 Å². The first-order valence-electron chi connectivity index (χ1n) is 11.2. The number of ether oxygens (including phenoxy) is 1. The number of cyclic esters (lactones) is 1. The van der Waals surface area contributed by atoms with Gasteiger partial charge < -0.3 is 4.74 Å². The van der Waals surface area contributed by atoms with Crippen molar-refractivity contribution in [3.8, 4) is 0 Å². The molecule has 28 heavy (non-hydrogen) atoms. The van der Waals surface area contributed by atoms with E-state index in [0.717, 1.165) is 37.7 Å². The molecule has 0 saturated heterocycles. The summed E-state index contributed by atoms with van der Waals surface area (Å²) in [6.07, 6.45) is 11.4. The molecule has 6 atom stereocenters. The summed E-state index contributed by atoms with van der Waals surface area (Å²) < 4.78 is 4.96. The van der Waals surface area contributed by atoms with Gasteiger partial charge in [0.15, 0.2) is 0 Å². The summed E-state index contributed by atoms with van der Waals surface area (Å²) >= 11 is 0. The molecule has 3 nitrogen and oxygen atoms in total. The third kappa shape index (κ3) is 2.53. The van der Waals surface area contributed by atoms with Gasteiger partial charge in [0.25, 0.3) is 0 Å². The van der Waals surface area contributed by atoms with Crippen molar-refractivity contribution >= 4 is 11.8 Å². The number of carbonyl (C=O) groups is 2. The van der Waals surface area contributed by atoms with Gasteiger partial charge in [-0.15, -0.1) is 0 Å². The van der Waals surface area contributed by atoms with Crippen molar-refractivity contribution < 1.29 is 14.3 Å². The van der Waals surface area contributed by atoms with E-state index >= 15 is 0 Å². The number of hydrogen-bond acceptors (Lipinski definition) is 3. The maximum absolute atomic E-state index is 13.0. The van der Waals surface area contributed by atoms with Crippen molar-refractivity contribution in [2.45, 2.75) is 79.6 Å². The molecule has 1 unspecified atom stereocenters. The number of rotatable bonds is 6. The molecule has 4 rings (SSSR count). The second-order valence-electron chi connectivity index (χ2n) is 10.7. The monoisotopic (exact) mass is 384 g/mol.